The van der Waals surface area contributed by atoms with Crippen LogP contribution in [-0.4, -0.2) is 49.7 Å². The molecule has 0 rings (SSSR count). The number of hydrogen-bond donors (Lipinski definition) is 0. The molecule has 0 saturated heterocycles. The highest BCUT2D eigenvalue weighted by molar-refractivity contribution is 5.69. The molecular formula is C53H105NO4. The molecule has 2 unspecified atom stereocenters. The number of rotatable bonds is 48. The SMILES string of the molecule is CCCCCCCCC(CCCCCC)COC(=O)CCCCCCCN(CCCCC)CCCCCCCC(=O)OCC(CCCCCC)CCCCCCCC. The highest BCUT2D eigenvalue weighted by Gasteiger charge is 2.14. The van der Waals surface area contributed by atoms with Crippen molar-refractivity contribution in [3.8, 4) is 0 Å². The van der Waals surface area contributed by atoms with E-state index in [1.54, 1.807) is 0 Å². The van der Waals surface area contributed by atoms with Crippen LogP contribution in [0.15, 0.2) is 0 Å². The predicted octanol–water partition coefficient (Wildman–Crippen LogP) is 16.9. The minimum absolute atomic E-state index is 0.0271. The van der Waals surface area contributed by atoms with Gasteiger partial charge in [0.05, 0.1) is 13.2 Å². The Morgan fingerprint density at radius 2 is 0.569 bits per heavy atom. The first-order chi connectivity index (χ1) is 28.5. The summed E-state index contributed by atoms with van der Waals surface area (Å²) in [6.45, 7) is 16.3. The number of nitrogens with zero attached hydrogens (tertiary/aromatic N) is 1. The van der Waals surface area contributed by atoms with E-state index in [9.17, 15) is 9.59 Å². The second-order valence-electron chi connectivity index (χ2n) is 18.5. The van der Waals surface area contributed by atoms with Crippen molar-refractivity contribution < 1.29 is 19.1 Å². The summed E-state index contributed by atoms with van der Waals surface area (Å²) in [7, 11) is 0. The summed E-state index contributed by atoms with van der Waals surface area (Å²) in [5.74, 6) is 1.16. The molecule has 0 amide bonds. The molecule has 0 aliphatic heterocycles. The van der Waals surface area contributed by atoms with Crippen molar-refractivity contribution in [2.75, 3.05) is 32.8 Å². The largest absolute Gasteiger partial charge is 0.465 e. The number of unbranched alkanes of at least 4 members (excludes halogenated alkanes) is 26. The molecule has 0 aromatic carbocycles. The minimum atomic E-state index is 0.0271. The van der Waals surface area contributed by atoms with E-state index in [2.05, 4.69) is 39.5 Å². The summed E-state index contributed by atoms with van der Waals surface area (Å²) in [6, 6.07) is 0. The summed E-state index contributed by atoms with van der Waals surface area (Å²) in [5, 5.41) is 0. The molecule has 0 aliphatic carbocycles. The van der Waals surface area contributed by atoms with Crippen LogP contribution in [0, 0.1) is 11.8 Å². The zero-order valence-electron chi connectivity index (χ0n) is 40.3. The van der Waals surface area contributed by atoms with E-state index in [0.29, 0.717) is 37.9 Å². The molecule has 346 valence electrons. The number of esters is 2. The Balaban J connectivity index is 4.22. The van der Waals surface area contributed by atoms with Gasteiger partial charge in [-0.1, -0.05) is 214 Å². The van der Waals surface area contributed by atoms with Gasteiger partial charge in [-0.15, -0.1) is 0 Å². The van der Waals surface area contributed by atoms with Crippen LogP contribution in [-0.2, 0) is 19.1 Å². The number of hydrogen-bond acceptors (Lipinski definition) is 5. The lowest BCUT2D eigenvalue weighted by Crippen LogP contribution is -2.27. The first-order valence-corrected chi connectivity index (χ1v) is 26.5. The molecule has 5 nitrogen and oxygen atoms in total. The fourth-order valence-electron chi connectivity index (χ4n) is 8.53. The Kier molecular flexibility index (Phi) is 46.1. The standard InChI is InChI=1S/C53H105NO4/c1-6-11-16-20-24-32-41-50(39-30-18-13-8-3)48-57-52(55)43-34-26-22-28-37-46-54(45-36-15-10-5)47-38-29-23-27-35-44-53(56)58-49-51(40-31-19-14-9-4)42-33-25-21-17-12-7-2/h50-51H,6-49H2,1-5H3. The van der Waals surface area contributed by atoms with Crippen molar-refractivity contribution in [3.05, 3.63) is 0 Å². The third-order valence-electron chi connectivity index (χ3n) is 12.6. The van der Waals surface area contributed by atoms with Crippen LogP contribution in [0.5, 0.6) is 0 Å². The lowest BCUT2D eigenvalue weighted by molar-refractivity contribution is -0.146. The minimum Gasteiger partial charge on any atom is -0.465 e. The molecule has 0 aliphatic rings. The van der Waals surface area contributed by atoms with Crippen LogP contribution in [0.1, 0.15) is 285 Å². The maximum absolute atomic E-state index is 12.6. The molecule has 0 spiro atoms. The van der Waals surface area contributed by atoms with Crippen LogP contribution in [0.2, 0.25) is 0 Å². The molecule has 5 heteroatoms. The lowest BCUT2D eigenvalue weighted by atomic mass is 9.95. The molecule has 0 aromatic heterocycles. The van der Waals surface area contributed by atoms with Gasteiger partial charge in [0, 0.05) is 12.8 Å². The fourth-order valence-corrected chi connectivity index (χ4v) is 8.53. The quantitative estimate of drug-likeness (QED) is 0.0452. The Hall–Kier alpha value is -1.10. The molecular weight excluding hydrogens is 715 g/mol. The highest BCUT2D eigenvalue weighted by atomic mass is 16.5. The van der Waals surface area contributed by atoms with Crippen LogP contribution < -0.4 is 0 Å². The first-order valence-electron chi connectivity index (χ1n) is 26.5. The average molecular weight is 820 g/mol. The molecule has 2 atom stereocenters. The molecule has 0 saturated carbocycles. The highest BCUT2D eigenvalue weighted by Crippen LogP contribution is 2.22. The lowest BCUT2D eigenvalue weighted by Gasteiger charge is -2.22. The smallest absolute Gasteiger partial charge is 0.305 e. The van der Waals surface area contributed by atoms with E-state index in [-0.39, 0.29) is 11.9 Å². The van der Waals surface area contributed by atoms with Gasteiger partial charge in [0.25, 0.3) is 0 Å². The van der Waals surface area contributed by atoms with Crippen molar-refractivity contribution in [1.29, 1.82) is 0 Å². The fraction of sp³-hybridized carbons (Fsp3) is 0.962. The van der Waals surface area contributed by atoms with Gasteiger partial charge in [-0.3, -0.25) is 9.59 Å². The van der Waals surface area contributed by atoms with Crippen molar-refractivity contribution >= 4 is 11.9 Å². The Bertz CT molecular complexity index is 771. The van der Waals surface area contributed by atoms with Gasteiger partial charge in [-0.25, -0.2) is 0 Å². The summed E-state index contributed by atoms with van der Waals surface area (Å²) < 4.78 is 11.7. The molecule has 0 radical (unpaired) electrons. The molecule has 0 heterocycles. The number of ether oxygens (including phenoxy) is 2. The van der Waals surface area contributed by atoms with Crippen LogP contribution in [0.4, 0.5) is 0 Å². The maximum atomic E-state index is 12.6. The van der Waals surface area contributed by atoms with E-state index < -0.39 is 0 Å². The predicted molar refractivity (Wildman–Crippen MR) is 254 cm³/mol. The molecule has 0 aromatic rings. The second kappa shape index (κ2) is 47.0. The molecule has 0 N–H and O–H groups in total. The number of carbonyl (C=O) groups excluding carboxylic acids is 2. The monoisotopic (exact) mass is 820 g/mol. The molecule has 0 fully saturated rings. The average Bonchev–Trinajstić information content (AvgIpc) is 3.22. The summed E-state index contributed by atoms with van der Waals surface area (Å²) in [6.07, 6.45) is 48.0. The molecule has 0 bridgehead atoms. The zero-order valence-corrected chi connectivity index (χ0v) is 40.3. The zero-order chi connectivity index (χ0) is 42.4. The van der Waals surface area contributed by atoms with Crippen molar-refractivity contribution in [2.24, 2.45) is 11.8 Å². The Morgan fingerprint density at radius 1 is 0.328 bits per heavy atom. The van der Waals surface area contributed by atoms with Crippen LogP contribution in [0.25, 0.3) is 0 Å². The summed E-state index contributed by atoms with van der Waals surface area (Å²) >= 11 is 0. The van der Waals surface area contributed by atoms with E-state index in [4.69, 9.17) is 9.47 Å². The first kappa shape index (κ1) is 56.9. The van der Waals surface area contributed by atoms with Gasteiger partial charge in [0.2, 0.25) is 0 Å². The van der Waals surface area contributed by atoms with Crippen LogP contribution >= 0.6 is 0 Å². The summed E-state index contributed by atoms with van der Waals surface area (Å²) in [5.41, 5.74) is 0. The van der Waals surface area contributed by atoms with Gasteiger partial charge in [-0.2, -0.15) is 0 Å². The Morgan fingerprint density at radius 3 is 0.914 bits per heavy atom. The van der Waals surface area contributed by atoms with E-state index in [0.717, 1.165) is 25.7 Å². The van der Waals surface area contributed by atoms with Gasteiger partial charge < -0.3 is 14.4 Å². The van der Waals surface area contributed by atoms with E-state index >= 15 is 0 Å². The van der Waals surface area contributed by atoms with Crippen molar-refractivity contribution in [1.82, 2.24) is 4.90 Å². The van der Waals surface area contributed by atoms with Gasteiger partial charge in [-0.05, 0) is 89.3 Å². The Labute approximate surface area is 364 Å². The van der Waals surface area contributed by atoms with Crippen molar-refractivity contribution in [2.45, 2.75) is 285 Å². The topological polar surface area (TPSA) is 55.8 Å². The van der Waals surface area contributed by atoms with Gasteiger partial charge >= 0.3 is 11.9 Å². The molecule has 58 heavy (non-hydrogen) atoms. The van der Waals surface area contributed by atoms with E-state index in [1.165, 1.54) is 232 Å². The van der Waals surface area contributed by atoms with Crippen LogP contribution in [0.3, 0.4) is 0 Å². The third-order valence-corrected chi connectivity index (χ3v) is 12.6. The van der Waals surface area contributed by atoms with E-state index in [1.807, 2.05) is 0 Å². The van der Waals surface area contributed by atoms with Crippen molar-refractivity contribution in [3.63, 3.8) is 0 Å². The van der Waals surface area contributed by atoms with Gasteiger partial charge in [0.15, 0.2) is 0 Å². The summed E-state index contributed by atoms with van der Waals surface area (Å²) in [4.78, 5) is 27.9. The van der Waals surface area contributed by atoms with Gasteiger partial charge in [0.1, 0.15) is 0 Å². The number of carbonyl (C=O) groups is 2. The maximum Gasteiger partial charge on any atom is 0.305 e. The second-order valence-corrected chi connectivity index (χ2v) is 18.5. The third kappa shape index (κ3) is 41.6. The normalized spacial score (nSPS) is 12.7.